The van der Waals surface area contributed by atoms with E-state index in [1.165, 1.54) is 10.8 Å². The number of hydrogen-bond acceptors (Lipinski definition) is 2. The van der Waals surface area contributed by atoms with E-state index in [0.29, 0.717) is 0 Å². The number of fused-ring (bicyclic) bond motifs is 11. The summed E-state index contributed by atoms with van der Waals surface area (Å²) >= 11 is 0. The van der Waals surface area contributed by atoms with E-state index in [-0.39, 0.29) is 0 Å². The molecule has 0 saturated heterocycles. The molecule has 0 N–H and O–H groups in total. The first-order valence-corrected chi connectivity index (χ1v) is 16.2. The fourth-order valence-electron chi connectivity index (χ4n) is 6.85. The van der Waals surface area contributed by atoms with Gasteiger partial charge in [-0.05, 0) is 51.2 Å². The summed E-state index contributed by atoms with van der Waals surface area (Å²) in [5, 5.41) is 10.4. The molecule has 0 saturated carbocycles. The van der Waals surface area contributed by atoms with Crippen molar-refractivity contribution < 1.29 is 4.57 Å². The van der Waals surface area contributed by atoms with Gasteiger partial charge in [-0.1, -0.05) is 127 Å². The highest BCUT2D eigenvalue weighted by atomic mass is 31.2. The van der Waals surface area contributed by atoms with Crippen LogP contribution in [0.4, 0.5) is 0 Å². The zero-order valence-electron chi connectivity index (χ0n) is 23.2. The molecule has 4 heteroatoms. The SMILES string of the molecule is O=P(c1ccccc1)(c1ccc2c(ccc3ccccc32)c1)c1cccc2nc3c4ccccc4c4ccccc4n3c12. The Morgan fingerprint density at radius 3 is 2.02 bits per heavy atom. The molecule has 0 radical (unpaired) electrons. The molecule has 9 rings (SSSR count). The molecule has 9 aromatic rings. The van der Waals surface area contributed by atoms with Crippen LogP contribution in [0.1, 0.15) is 0 Å². The van der Waals surface area contributed by atoms with Crippen LogP contribution >= 0.6 is 7.14 Å². The number of imidazole rings is 1. The minimum Gasteiger partial charge on any atom is -0.309 e. The summed E-state index contributed by atoms with van der Waals surface area (Å²) in [5.74, 6) is 0. The fraction of sp³-hybridized carbons (Fsp3) is 0. The maximum Gasteiger partial charge on any atom is 0.173 e. The van der Waals surface area contributed by atoms with Gasteiger partial charge in [0.1, 0.15) is 5.65 Å². The normalized spacial score (nSPS) is 13.4. The molecule has 2 aromatic heterocycles. The molecule has 1 unspecified atom stereocenters. The van der Waals surface area contributed by atoms with Gasteiger partial charge in [-0.15, -0.1) is 0 Å². The Kier molecular flexibility index (Phi) is 5.17. The van der Waals surface area contributed by atoms with Gasteiger partial charge in [0.25, 0.3) is 0 Å². The van der Waals surface area contributed by atoms with Crippen LogP contribution < -0.4 is 15.9 Å². The maximum atomic E-state index is 16.0. The van der Waals surface area contributed by atoms with Crippen molar-refractivity contribution in [2.75, 3.05) is 0 Å². The van der Waals surface area contributed by atoms with Crippen LogP contribution in [-0.4, -0.2) is 9.38 Å². The van der Waals surface area contributed by atoms with Crippen molar-refractivity contribution >= 4 is 83.0 Å². The van der Waals surface area contributed by atoms with Crippen LogP contribution in [0.3, 0.4) is 0 Å². The fourth-order valence-corrected chi connectivity index (χ4v) is 9.71. The van der Waals surface area contributed by atoms with Crippen LogP contribution in [0.2, 0.25) is 0 Å². The van der Waals surface area contributed by atoms with Gasteiger partial charge < -0.3 is 4.57 Å². The third kappa shape index (κ3) is 3.43. The van der Waals surface area contributed by atoms with Crippen molar-refractivity contribution in [2.45, 2.75) is 0 Å². The van der Waals surface area contributed by atoms with Crippen LogP contribution in [0, 0.1) is 0 Å². The van der Waals surface area contributed by atoms with Gasteiger partial charge in [0.15, 0.2) is 7.14 Å². The summed E-state index contributed by atoms with van der Waals surface area (Å²) in [4.78, 5) is 5.18. The predicted octanol–water partition coefficient (Wildman–Crippen LogP) is 8.74. The number of rotatable bonds is 3. The maximum absolute atomic E-state index is 16.0. The quantitative estimate of drug-likeness (QED) is 0.158. The Balaban J connectivity index is 1.43. The minimum atomic E-state index is -3.36. The Morgan fingerprint density at radius 2 is 1.16 bits per heavy atom. The molecular weight excluding hydrogens is 543 g/mol. The van der Waals surface area contributed by atoms with E-state index >= 15 is 4.57 Å². The van der Waals surface area contributed by atoms with Crippen molar-refractivity contribution in [3.05, 3.63) is 152 Å². The number of para-hydroxylation sites is 2. The van der Waals surface area contributed by atoms with Crippen LogP contribution in [0.15, 0.2) is 152 Å². The van der Waals surface area contributed by atoms with Gasteiger partial charge in [-0.25, -0.2) is 4.98 Å². The lowest BCUT2D eigenvalue weighted by Gasteiger charge is -2.22. The highest BCUT2D eigenvalue weighted by molar-refractivity contribution is 7.85. The number of benzene rings is 7. The third-order valence-electron chi connectivity index (χ3n) is 8.81. The smallest absolute Gasteiger partial charge is 0.173 e. The highest BCUT2D eigenvalue weighted by Crippen LogP contribution is 2.46. The summed E-state index contributed by atoms with van der Waals surface area (Å²) in [7, 11) is -3.36. The predicted molar refractivity (Wildman–Crippen MR) is 182 cm³/mol. The lowest BCUT2D eigenvalue weighted by Crippen LogP contribution is -2.26. The third-order valence-corrected chi connectivity index (χ3v) is 11.9. The molecule has 0 bridgehead atoms. The molecule has 3 nitrogen and oxygen atoms in total. The van der Waals surface area contributed by atoms with Gasteiger partial charge in [0.2, 0.25) is 0 Å². The summed E-state index contributed by atoms with van der Waals surface area (Å²) in [5.41, 5.74) is 3.66. The average Bonchev–Trinajstić information content (AvgIpc) is 3.48. The second kappa shape index (κ2) is 9.13. The average molecular weight is 569 g/mol. The molecule has 2 heterocycles. The van der Waals surface area contributed by atoms with E-state index in [1.807, 2.05) is 48.5 Å². The number of nitrogens with zero attached hydrogens (tertiary/aromatic N) is 2. The lowest BCUT2D eigenvalue weighted by molar-refractivity contribution is 0.592. The Labute approximate surface area is 248 Å². The first-order valence-electron chi connectivity index (χ1n) is 14.5. The molecule has 0 spiro atoms. The zero-order chi connectivity index (χ0) is 28.5. The molecule has 0 fully saturated rings. The molecule has 0 aliphatic heterocycles. The second-order valence-electron chi connectivity index (χ2n) is 11.1. The van der Waals surface area contributed by atoms with Crippen molar-refractivity contribution in [1.82, 2.24) is 9.38 Å². The van der Waals surface area contributed by atoms with Crippen LogP contribution in [0.25, 0.3) is 59.9 Å². The zero-order valence-corrected chi connectivity index (χ0v) is 24.1. The first kappa shape index (κ1) is 24.4. The van der Waals surface area contributed by atoms with Crippen LogP contribution in [-0.2, 0) is 4.57 Å². The monoisotopic (exact) mass is 568 g/mol. The Morgan fingerprint density at radius 1 is 0.488 bits per heavy atom. The summed E-state index contributed by atoms with van der Waals surface area (Å²) in [6, 6.07) is 52.0. The van der Waals surface area contributed by atoms with E-state index in [1.54, 1.807) is 0 Å². The summed E-state index contributed by atoms with van der Waals surface area (Å²) in [6.07, 6.45) is 0. The molecule has 0 amide bonds. The number of aromatic nitrogens is 2. The Bertz CT molecular complexity index is 2600. The van der Waals surface area contributed by atoms with Gasteiger partial charge in [0, 0.05) is 26.7 Å². The van der Waals surface area contributed by atoms with E-state index in [4.69, 9.17) is 4.98 Å². The standard InChI is InChI=1S/C39H25N2OP/c42-43(28-12-2-1-3-13-28,29-23-24-31-27(25-29)22-21-26-11-4-5-14-30(26)31)37-20-10-18-35-38(37)41-36-19-9-8-16-33(36)32-15-6-7-17-34(32)39(41)40-35/h1-25H. The molecule has 7 aromatic carbocycles. The first-order chi connectivity index (χ1) is 21.2. The molecular formula is C39H25N2OP. The number of hydrogen-bond donors (Lipinski definition) is 0. The van der Waals surface area contributed by atoms with Crippen molar-refractivity contribution in [1.29, 1.82) is 0 Å². The molecule has 1 atom stereocenters. The molecule has 43 heavy (non-hydrogen) atoms. The van der Waals surface area contributed by atoms with E-state index < -0.39 is 7.14 Å². The summed E-state index contributed by atoms with van der Waals surface area (Å²) in [6.45, 7) is 0. The topological polar surface area (TPSA) is 34.4 Å². The summed E-state index contributed by atoms with van der Waals surface area (Å²) < 4.78 is 18.3. The highest BCUT2D eigenvalue weighted by Gasteiger charge is 2.33. The Hall–Kier alpha value is -5.24. The van der Waals surface area contributed by atoms with E-state index in [2.05, 4.69) is 108 Å². The molecule has 0 aliphatic carbocycles. The van der Waals surface area contributed by atoms with Crippen LogP contribution in [0.5, 0.6) is 0 Å². The van der Waals surface area contributed by atoms with E-state index in [9.17, 15) is 0 Å². The number of pyridine rings is 1. The van der Waals surface area contributed by atoms with Gasteiger partial charge in [-0.2, -0.15) is 0 Å². The van der Waals surface area contributed by atoms with Crippen molar-refractivity contribution in [3.8, 4) is 0 Å². The minimum absolute atomic E-state index is 0.796. The molecule has 0 aliphatic rings. The van der Waals surface area contributed by atoms with Gasteiger partial charge >= 0.3 is 0 Å². The second-order valence-corrected chi connectivity index (χ2v) is 13.8. The lowest BCUT2D eigenvalue weighted by atomic mass is 10.0. The van der Waals surface area contributed by atoms with Crippen molar-refractivity contribution in [2.24, 2.45) is 0 Å². The van der Waals surface area contributed by atoms with Gasteiger partial charge in [0.05, 0.1) is 16.6 Å². The van der Waals surface area contributed by atoms with Gasteiger partial charge in [-0.3, -0.25) is 4.40 Å². The van der Waals surface area contributed by atoms with E-state index in [0.717, 1.165) is 65.0 Å². The van der Waals surface area contributed by atoms with Crippen molar-refractivity contribution in [3.63, 3.8) is 0 Å². The largest absolute Gasteiger partial charge is 0.309 e. The molecule has 202 valence electrons.